The Balaban J connectivity index is 1.37. The van der Waals surface area contributed by atoms with Gasteiger partial charge in [0.05, 0.1) is 24.1 Å². The number of hydrogen-bond donors (Lipinski definition) is 2. The first kappa shape index (κ1) is 30.5. The highest BCUT2D eigenvalue weighted by Gasteiger charge is 2.36. The molecule has 1 fully saturated rings. The fourth-order valence-corrected chi connectivity index (χ4v) is 5.02. The molecule has 1 aliphatic rings. The molecule has 1 saturated heterocycles. The van der Waals surface area contributed by atoms with E-state index in [4.69, 9.17) is 25.8 Å². The first-order chi connectivity index (χ1) is 20.1. The predicted molar refractivity (Wildman–Crippen MR) is 162 cm³/mol. The number of anilines is 2. The van der Waals surface area contributed by atoms with Gasteiger partial charge in [-0.1, -0.05) is 23.7 Å². The number of nitrogens with zero attached hydrogens (tertiary/aromatic N) is 1. The molecule has 0 unspecified atom stereocenters. The molecule has 12 heteroatoms. The van der Waals surface area contributed by atoms with Gasteiger partial charge in [-0.25, -0.2) is 0 Å². The number of carbonyl (C=O) groups is 4. The van der Waals surface area contributed by atoms with Gasteiger partial charge in [-0.15, -0.1) is 0 Å². The van der Waals surface area contributed by atoms with Gasteiger partial charge in [-0.05, 0) is 90.8 Å². The number of imide groups is 1. The SMILES string of the molecule is COc1ccc(NC(=O)CN2C(=O)S/C(=C/c3ccc(OCC(=O)Nc4ccc(C)c(C)c4)c(OC)c3)C2=O)cc1Cl. The molecule has 0 radical (unpaired) electrons. The van der Waals surface area contributed by atoms with Crippen LogP contribution in [-0.2, 0) is 14.4 Å². The molecule has 42 heavy (non-hydrogen) atoms. The fourth-order valence-electron chi connectivity index (χ4n) is 3.93. The fraction of sp³-hybridized carbons (Fsp3) is 0.200. The summed E-state index contributed by atoms with van der Waals surface area (Å²) in [7, 11) is 2.92. The maximum absolute atomic E-state index is 12.9. The van der Waals surface area contributed by atoms with Crippen LogP contribution in [0, 0.1) is 13.8 Å². The summed E-state index contributed by atoms with van der Waals surface area (Å²) in [5.41, 5.74) is 3.81. The molecule has 3 aromatic rings. The van der Waals surface area contributed by atoms with E-state index in [-0.39, 0.29) is 17.4 Å². The van der Waals surface area contributed by atoms with Crippen LogP contribution in [0.15, 0.2) is 59.5 Å². The van der Waals surface area contributed by atoms with Gasteiger partial charge in [0.25, 0.3) is 17.1 Å². The third kappa shape index (κ3) is 7.42. The Morgan fingerprint density at radius 3 is 2.21 bits per heavy atom. The lowest BCUT2D eigenvalue weighted by atomic mass is 10.1. The summed E-state index contributed by atoms with van der Waals surface area (Å²) >= 11 is 6.81. The minimum absolute atomic E-state index is 0.142. The van der Waals surface area contributed by atoms with E-state index in [1.54, 1.807) is 30.3 Å². The number of aryl methyl sites for hydroxylation is 2. The van der Waals surface area contributed by atoms with Crippen molar-refractivity contribution in [3.8, 4) is 17.2 Å². The van der Waals surface area contributed by atoms with Gasteiger partial charge in [0.15, 0.2) is 18.1 Å². The summed E-state index contributed by atoms with van der Waals surface area (Å²) in [5.74, 6) is -0.398. The molecule has 4 amide bonds. The van der Waals surface area contributed by atoms with Crippen LogP contribution in [0.3, 0.4) is 0 Å². The first-order valence-electron chi connectivity index (χ1n) is 12.6. The van der Waals surface area contributed by atoms with E-state index in [1.807, 2.05) is 32.0 Å². The number of benzene rings is 3. The van der Waals surface area contributed by atoms with E-state index in [2.05, 4.69) is 10.6 Å². The zero-order valence-electron chi connectivity index (χ0n) is 23.3. The zero-order valence-corrected chi connectivity index (χ0v) is 24.9. The maximum Gasteiger partial charge on any atom is 0.294 e. The summed E-state index contributed by atoms with van der Waals surface area (Å²) in [5, 5.41) is 5.14. The Bertz CT molecular complexity index is 1590. The van der Waals surface area contributed by atoms with Crippen molar-refractivity contribution in [2.75, 3.05) is 38.0 Å². The summed E-state index contributed by atoms with van der Waals surface area (Å²) in [6, 6.07) is 15.2. The topological polar surface area (TPSA) is 123 Å². The van der Waals surface area contributed by atoms with E-state index in [0.717, 1.165) is 27.8 Å². The van der Waals surface area contributed by atoms with Crippen molar-refractivity contribution >= 4 is 63.8 Å². The molecule has 0 saturated carbocycles. The number of rotatable bonds is 10. The quantitative estimate of drug-likeness (QED) is 0.282. The number of nitrogens with one attached hydrogen (secondary N) is 2. The van der Waals surface area contributed by atoms with Crippen LogP contribution in [0.2, 0.25) is 5.02 Å². The lowest BCUT2D eigenvalue weighted by Crippen LogP contribution is -2.36. The number of halogens is 1. The van der Waals surface area contributed by atoms with Crippen LogP contribution >= 0.6 is 23.4 Å². The molecule has 0 aromatic heterocycles. The van der Waals surface area contributed by atoms with Crippen molar-refractivity contribution in [1.29, 1.82) is 0 Å². The molecule has 0 atom stereocenters. The van der Waals surface area contributed by atoms with Gasteiger partial charge in [-0.3, -0.25) is 24.1 Å². The van der Waals surface area contributed by atoms with E-state index in [1.165, 1.54) is 26.4 Å². The van der Waals surface area contributed by atoms with Crippen LogP contribution in [0.4, 0.5) is 16.2 Å². The van der Waals surface area contributed by atoms with Crippen molar-refractivity contribution in [1.82, 2.24) is 4.90 Å². The van der Waals surface area contributed by atoms with E-state index >= 15 is 0 Å². The van der Waals surface area contributed by atoms with Crippen molar-refractivity contribution in [2.24, 2.45) is 0 Å². The van der Waals surface area contributed by atoms with Crippen LogP contribution in [-0.4, -0.2) is 55.2 Å². The predicted octanol–water partition coefficient (Wildman–Crippen LogP) is 5.67. The number of carbonyl (C=O) groups excluding carboxylic acids is 4. The third-order valence-corrected chi connectivity index (χ3v) is 7.45. The number of hydrogen-bond acceptors (Lipinski definition) is 8. The largest absolute Gasteiger partial charge is 0.495 e. The molecule has 218 valence electrons. The molecule has 0 aliphatic carbocycles. The van der Waals surface area contributed by atoms with Gasteiger partial charge in [0, 0.05) is 11.4 Å². The second kappa shape index (κ2) is 13.5. The number of thioether (sulfide) groups is 1. The van der Waals surface area contributed by atoms with Crippen molar-refractivity contribution < 1.29 is 33.4 Å². The van der Waals surface area contributed by atoms with Crippen molar-refractivity contribution in [2.45, 2.75) is 13.8 Å². The number of ether oxygens (including phenoxy) is 3. The van der Waals surface area contributed by atoms with Gasteiger partial charge in [-0.2, -0.15) is 0 Å². The van der Waals surface area contributed by atoms with E-state index in [0.29, 0.717) is 39.2 Å². The molecule has 4 rings (SSSR count). The Morgan fingerprint density at radius 1 is 0.857 bits per heavy atom. The molecular weight excluding hydrogens is 582 g/mol. The molecule has 2 N–H and O–H groups in total. The van der Waals surface area contributed by atoms with Crippen molar-refractivity contribution in [3.63, 3.8) is 0 Å². The third-order valence-electron chi connectivity index (χ3n) is 6.25. The zero-order chi connectivity index (χ0) is 30.4. The van der Waals surface area contributed by atoms with Gasteiger partial charge < -0.3 is 24.8 Å². The summed E-state index contributed by atoms with van der Waals surface area (Å²) < 4.78 is 16.2. The second-order valence-corrected chi connectivity index (χ2v) is 10.6. The first-order valence-corrected chi connectivity index (χ1v) is 13.8. The van der Waals surface area contributed by atoms with Crippen LogP contribution in [0.5, 0.6) is 17.2 Å². The summed E-state index contributed by atoms with van der Waals surface area (Å²) in [4.78, 5) is 51.4. The summed E-state index contributed by atoms with van der Waals surface area (Å²) in [6.07, 6.45) is 1.52. The normalized spacial score (nSPS) is 13.7. The molecule has 3 aromatic carbocycles. The lowest BCUT2D eigenvalue weighted by molar-refractivity contribution is -0.127. The summed E-state index contributed by atoms with van der Waals surface area (Å²) in [6.45, 7) is 3.25. The highest BCUT2D eigenvalue weighted by Crippen LogP contribution is 2.35. The molecule has 0 bridgehead atoms. The minimum Gasteiger partial charge on any atom is -0.495 e. The van der Waals surface area contributed by atoms with Gasteiger partial charge >= 0.3 is 0 Å². The number of methoxy groups -OCH3 is 2. The molecule has 0 spiro atoms. The van der Waals surface area contributed by atoms with Gasteiger partial charge in [0.1, 0.15) is 12.3 Å². The smallest absolute Gasteiger partial charge is 0.294 e. The van der Waals surface area contributed by atoms with Crippen LogP contribution in [0.25, 0.3) is 6.08 Å². The average molecular weight is 610 g/mol. The molecule has 1 aliphatic heterocycles. The monoisotopic (exact) mass is 609 g/mol. The van der Waals surface area contributed by atoms with Crippen LogP contribution in [0.1, 0.15) is 16.7 Å². The van der Waals surface area contributed by atoms with Crippen LogP contribution < -0.4 is 24.8 Å². The Morgan fingerprint density at radius 2 is 1.52 bits per heavy atom. The molecular formula is C30H28ClN3O7S. The second-order valence-electron chi connectivity index (χ2n) is 9.21. The highest BCUT2D eigenvalue weighted by molar-refractivity contribution is 8.18. The minimum atomic E-state index is -0.602. The average Bonchev–Trinajstić information content (AvgIpc) is 3.21. The Kier molecular flexibility index (Phi) is 9.76. The molecule has 1 heterocycles. The maximum atomic E-state index is 12.9. The molecule has 10 nitrogen and oxygen atoms in total. The number of amides is 4. The highest BCUT2D eigenvalue weighted by atomic mass is 35.5. The van der Waals surface area contributed by atoms with E-state index < -0.39 is 23.6 Å². The van der Waals surface area contributed by atoms with Gasteiger partial charge in [0.2, 0.25) is 5.91 Å². The lowest BCUT2D eigenvalue weighted by Gasteiger charge is -2.13. The Hall–Kier alpha value is -4.48. The Labute approximate surface area is 252 Å². The standard InChI is InChI=1S/C30H28ClN3O7S/c1-17-5-7-20(11-18(17)2)33-28(36)16-41-24-9-6-19(12-25(24)40-4)13-26-29(37)34(30(38)42-26)15-27(35)32-21-8-10-23(39-3)22(31)14-21/h5-14H,15-16H2,1-4H3,(H,32,35)(H,33,36)/b26-13+. The van der Waals surface area contributed by atoms with E-state index in [9.17, 15) is 19.2 Å². The van der Waals surface area contributed by atoms with Crippen molar-refractivity contribution in [3.05, 3.63) is 81.2 Å².